The van der Waals surface area contributed by atoms with Crippen LogP contribution >= 0.6 is 0 Å². The minimum Gasteiger partial charge on any atom is -0.497 e. The highest BCUT2D eigenvalue weighted by molar-refractivity contribution is 7.89. The summed E-state index contributed by atoms with van der Waals surface area (Å²) in [6, 6.07) is 9.01. The fourth-order valence-corrected chi connectivity index (χ4v) is 4.65. The van der Waals surface area contributed by atoms with Crippen LogP contribution in [0.25, 0.3) is 0 Å². The van der Waals surface area contributed by atoms with E-state index < -0.39 is 16.1 Å². The number of fused-ring (bicyclic) bond motifs is 1. The van der Waals surface area contributed by atoms with E-state index in [9.17, 15) is 8.42 Å². The highest BCUT2D eigenvalue weighted by Gasteiger charge is 2.28. The number of hydrogen-bond donors (Lipinski definition) is 1. The number of hydrogen-bond acceptors (Lipinski definition) is 7. The number of imidazole rings is 1. The summed E-state index contributed by atoms with van der Waals surface area (Å²) in [6.45, 7) is 0.986. The van der Waals surface area contributed by atoms with Gasteiger partial charge in [0.05, 0.1) is 32.3 Å². The van der Waals surface area contributed by atoms with E-state index in [1.807, 2.05) is 0 Å². The van der Waals surface area contributed by atoms with Crippen molar-refractivity contribution in [2.75, 3.05) is 27.4 Å². The van der Waals surface area contributed by atoms with Gasteiger partial charge in [0.2, 0.25) is 10.0 Å². The Morgan fingerprint density at radius 2 is 1.72 bits per heavy atom. The molecule has 0 fully saturated rings. The summed E-state index contributed by atoms with van der Waals surface area (Å²) in [5.41, 5.74) is 0.619. The molecule has 10 heteroatoms. The Labute approximate surface area is 186 Å². The number of aromatic nitrogens is 2. The number of ether oxygens (including phenoxy) is 4. The molecule has 2 heterocycles. The predicted octanol–water partition coefficient (Wildman–Crippen LogP) is 2.67. The van der Waals surface area contributed by atoms with E-state index in [1.54, 1.807) is 48.3 Å². The lowest BCUT2D eigenvalue weighted by molar-refractivity contribution is 0.297. The lowest BCUT2D eigenvalue weighted by atomic mass is 10.1. The highest BCUT2D eigenvalue weighted by atomic mass is 32.2. The molecule has 0 radical (unpaired) electrons. The Hall–Kier alpha value is -3.24. The van der Waals surface area contributed by atoms with Gasteiger partial charge in [-0.05, 0) is 29.8 Å². The van der Waals surface area contributed by atoms with Gasteiger partial charge in [0, 0.05) is 38.0 Å². The molecule has 0 aliphatic carbocycles. The summed E-state index contributed by atoms with van der Waals surface area (Å²) in [4.78, 5) is 4.44. The van der Waals surface area contributed by atoms with Crippen molar-refractivity contribution in [3.8, 4) is 23.0 Å². The van der Waals surface area contributed by atoms with Crippen LogP contribution in [0.2, 0.25) is 0 Å². The average Bonchev–Trinajstić information content (AvgIpc) is 3.08. The second kappa shape index (κ2) is 9.09. The first-order valence-corrected chi connectivity index (χ1v) is 11.5. The van der Waals surface area contributed by atoms with Gasteiger partial charge in [-0.25, -0.2) is 13.4 Å². The highest BCUT2D eigenvalue weighted by Crippen LogP contribution is 2.34. The van der Waals surface area contributed by atoms with Crippen LogP contribution in [0, 0.1) is 0 Å². The summed E-state index contributed by atoms with van der Waals surface area (Å²) in [6.07, 6.45) is 4.09. The third kappa shape index (κ3) is 4.51. The van der Waals surface area contributed by atoms with Crippen molar-refractivity contribution in [1.82, 2.24) is 14.3 Å². The van der Waals surface area contributed by atoms with Gasteiger partial charge in [0.25, 0.3) is 0 Å². The van der Waals surface area contributed by atoms with E-state index in [0.717, 1.165) is 6.42 Å². The lowest BCUT2D eigenvalue weighted by Gasteiger charge is -2.21. The average molecular weight is 460 g/mol. The molecule has 0 saturated heterocycles. The monoisotopic (exact) mass is 459 g/mol. The summed E-state index contributed by atoms with van der Waals surface area (Å²) >= 11 is 0. The van der Waals surface area contributed by atoms with Gasteiger partial charge in [0.15, 0.2) is 11.5 Å². The fraction of sp³-hybridized carbons (Fsp3) is 0.318. The molecule has 1 N–H and O–H groups in total. The van der Waals surface area contributed by atoms with E-state index in [0.29, 0.717) is 47.6 Å². The van der Waals surface area contributed by atoms with E-state index in [1.165, 1.54) is 26.4 Å². The van der Waals surface area contributed by atoms with Crippen LogP contribution in [0.1, 0.15) is 23.9 Å². The first kappa shape index (κ1) is 22.0. The molecule has 170 valence electrons. The topological polar surface area (TPSA) is 101 Å². The molecule has 1 aliphatic heterocycles. The minimum absolute atomic E-state index is 0.0656. The third-order valence-corrected chi connectivity index (χ3v) is 6.55. The minimum atomic E-state index is -3.96. The van der Waals surface area contributed by atoms with Crippen LogP contribution in [0.5, 0.6) is 23.0 Å². The SMILES string of the molecule is COc1cc(OC)cc([C@@H](NS(=O)(=O)c2ccc3c(c2)OCCCO3)c2nccn2C)c1. The van der Waals surface area contributed by atoms with Crippen LogP contribution in [0.15, 0.2) is 53.7 Å². The summed E-state index contributed by atoms with van der Waals surface area (Å²) < 4.78 is 53.3. The maximum absolute atomic E-state index is 13.4. The number of methoxy groups -OCH3 is 2. The second-order valence-electron chi connectivity index (χ2n) is 7.26. The van der Waals surface area contributed by atoms with Crippen molar-refractivity contribution in [2.45, 2.75) is 17.4 Å². The number of rotatable bonds is 7. The Kier molecular flexibility index (Phi) is 6.24. The summed E-state index contributed by atoms with van der Waals surface area (Å²) in [7, 11) is 0.921. The molecule has 4 rings (SSSR count). The van der Waals surface area contributed by atoms with Crippen LogP contribution in [0.4, 0.5) is 0 Å². The third-order valence-electron chi connectivity index (χ3n) is 5.13. The standard InChI is InChI=1S/C22H25N3O6S/c1-25-8-7-23-22(25)21(15-11-16(28-2)13-17(12-15)29-3)24-32(26,27)18-5-6-19-20(14-18)31-10-4-9-30-19/h5-8,11-14,21,24H,4,9-10H2,1-3H3/t21-/m1/s1. The van der Waals surface area contributed by atoms with Crippen molar-refractivity contribution < 1.29 is 27.4 Å². The van der Waals surface area contributed by atoms with Crippen molar-refractivity contribution in [3.63, 3.8) is 0 Å². The largest absolute Gasteiger partial charge is 0.497 e. The number of benzene rings is 2. The zero-order chi connectivity index (χ0) is 22.7. The van der Waals surface area contributed by atoms with Crippen molar-refractivity contribution in [3.05, 3.63) is 60.2 Å². The Balaban J connectivity index is 1.75. The smallest absolute Gasteiger partial charge is 0.241 e. The first-order valence-electron chi connectivity index (χ1n) is 10.0. The Morgan fingerprint density at radius 1 is 1.03 bits per heavy atom. The number of sulfonamides is 1. The van der Waals surface area contributed by atoms with Gasteiger partial charge < -0.3 is 23.5 Å². The maximum atomic E-state index is 13.4. The molecule has 2 aromatic carbocycles. The summed E-state index contributed by atoms with van der Waals surface area (Å²) in [5.74, 6) is 2.52. The van der Waals surface area contributed by atoms with Gasteiger partial charge in [-0.15, -0.1) is 0 Å². The van der Waals surface area contributed by atoms with Crippen molar-refractivity contribution in [2.24, 2.45) is 7.05 Å². The van der Waals surface area contributed by atoms with Gasteiger partial charge in [-0.2, -0.15) is 4.72 Å². The van der Waals surface area contributed by atoms with Crippen LogP contribution in [0.3, 0.4) is 0 Å². The molecule has 0 saturated carbocycles. The molecule has 1 atom stereocenters. The van der Waals surface area contributed by atoms with Crippen LogP contribution < -0.4 is 23.7 Å². The molecule has 1 aliphatic rings. The second-order valence-corrected chi connectivity index (χ2v) is 8.97. The van der Waals surface area contributed by atoms with Crippen molar-refractivity contribution >= 4 is 10.0 Å². The van der Waals surface area contributed by atoms with E-state index in [4.69, 9.17) is 18.9 Å². The van der Waals surface area contributed by atoms with Crippen LogP contribution in [-0.2, 0) is 17.1 Å². The van der Waals surface area contributed by atoms with Crippen molar-refractivity contribution in [1.29, 1.82) is 0 Å². The molecule has 0 unspecified atom stereocenters. The quantitative estimate of drug-likeness (QED) is 0.580. The normalized spacial score (nSPS) is 14.5. The van der Waals surface area contributed by atoms with Gasteiger partial charge in [0.1, 0.15) is 23.4 Å². The number of nitrogens with zero attached hydrogens (tertiary/aromatic N) is 2. The molecule has 0 bridgehead atoms. The molecule has 0 amide bonds. The lowest BCUT2D eigenvalue weighted by Crippen LogP contribution is -2.31. The van der Waals surface area contributed by atoms with Crippen LogP contribution in [-0.4, -0.2) is 45.4 Å². The van der Waals surface area contributed by atoms with E-state index >= 15 is 0 Å². The molecule has 1 aromatic heterocycles. The molecule has 0 spiro atoms. The zero-order valence-corrected chi connectivity index (χ0v) is 18.9. The van der Waals surface area contributed by atoms with Gasteiger partial charge >= 0.3 is 0 Å². The number of aryl methyl sites for hydroxylation is 1. The van der Waals surface area contributed by atoms with Gasteiger partial charge in [-0.3, -0.25) is 0 Å². The molecular formula is C22H25N3O6S. The zero-order valence-electron chi connectivity index (χ0n) is 18.1. The molecule has 3 aromatic rings. The first-order chi connectivity index (χ1) is 15.4. The molecular weight excluding hydrogens is 434 g/mol. The predicted molar refractivity (Wildman–Crippen MR) is 117 cm³/mol. The molecule has 9 nitrogen and oxygen atoms in total. The summed E-state index contributed by atoms with van der Waals surface area (Å²) in [5, 5.41) is 0. The Bertz CT molecular complexity index is 1190. The fourth-order valence-electron chi connectivity index (χ4n) is 3.46. The van der Waals surface area contributed by atoms with E-state index in [2.05, 4.69) is 9.71 Å². The Morgan fingerprint density at radius 3 is 2.34 bits per heavy atom. The number of nitrogens with one attached hydrogen (secondary N) is 1. The van der Waals surface area contributed by atoms with Gasteiger partial charge in [-0.1, -0.05) is 0 Å². The maximum Gasteiger partial charge on any atom is 0.241 e. The molecule has 32 heavy (non-hydrogen) atoms. The van der Waals surface area contributed by atoms with E-state index in [-0.39, 0.29) is 4.90 Å².